The monoisotopic (exact) mass is 329 g/mol. The van der Waals surface area contributed by atoms with Gasteiger partial charge in [0.1, 0.15) is 4.88 Å². The van der Waals surface area contributed by atoms with E-state index in [0.717, 1.165) is 19.3 Å². The highest BCUT2D eigenvalue weighted by Gasteiger charge is 2.30. The van der Waals surface area contributed by atoms with Crippen LogP contribution in [0.5, 0.6) is 0 Å². The van der Waals surface area contributed by atoms with Gasteiger partial charge in [0, 0.05) is 24.9 Å². The van der Waals surface area contributed by atoms with E-state index in [9.17, 15) is 9.59 Å². The summed E-state index contributed by atoms with van der Waals surface area (Å²) in [5.74, 6) is -0.0340. The average molecular weight is 329 g/mol. The van der Waals surface area contributed by atoms with E-state index in [1.807, 2.05) is 4.90 Å². The normalized spacial score (nSPS) is 18.4. The zero-order valence-electron chi connectivity index (χ0n) is 12.3. The Morgan fingerprint density at radius 3 is 3.13 bits per heavy atom. The van der Waals surface area contributed by atoms with Crippen molar-refractivity contribution in [2.75, 3.05) is 6.54 Å². The fourth-order valence-electron chi connectivity index (χ4n) is 3.06. The predicted molar refractivity (Wildman–Crippen MR) is 85.6 cm³/mol. The number of nitrogens with one attached hydrogen (secondary N) is 1. The molecule has 0 aromatic carbocycles. The van der Waals surface area contributed by atoms with Gasteiger partial charge in [-0.25, -0.2) is 9.50 Å². The zero-order chi connectivity index (χ0) is 15.8. The van der Waals surface area contributed by atoms with Gasteiger partial charge in [-0.1, -0.05) is 0 Å². The van der Waals surface area contributed by atoms with Crippen LogP contribution >= 0.6 is 11.3 Å². The summed E-state index contributed by atoms with van der Waals surface area (Å²) in [4.78, 5) is 35.9. The van der Waals surface area contributed by atoms with Crippen LogP contribution in [0.15, 0.2) is 34.8 Å². The molecule has 3 aromatic heterocycles. The first kappa shape index (κ1) is 14.1. The molecule has 8 heteroatoms. The molecule has 0 spiro atoms. The molecule has 4 heterocycles. The standard InChI is InChI=1S/C15H15N5O2S/c21-14-7-10(18-13-4-5-17-20(13)14)11-3-1-2-6-19(11)15(22)12-8-16-9-23-12/h4-5,7-9,11,17H,1-3,6H2. The summed E-state index contributed by atoms with van der Waals surface area (Å²) in [5, 5.41) is 2.83. The number of hydrogen-bond acceptors (Lipinski definition) is 5. The number of nitrogens with zero attached hydrogens (tertiary/aromatic N) is 4. The predicted octanol–water partition coefficient (Wildman–Crippen LogP) is 1.85. The van der Waals surface area contributed by atoms with Gasteiger partial charge in [0.2, 0.25) is 0 Å². The summed E-state index contributed by atoms with van der Waals surface area (Å²) >= 11 is 1.34. The number of likely N-dealkylation sites (tertiary alicyclic amines) is 1. The van der Waals surface area contributed by atoms with E-state index < -0.39 is 0 Å². The van der Waals surface area contributed by atoms with Crippen LogP contribution in [-0.4, -0.2) is 36.9 Å². The second kappa shape index (κ2) is 5.62. The van der Waals surface area contributed by atoms with Crippen molar-refractivity contribution in [2.24, 2.45) is 0 Å². The van der Waals surface area contributed by atoms with Crippen molar-refractivity contribution >= 4 is 22.9 Å². The van der Waals surface area contributed by atoms with E-state index in [-0.39, 0.29) is 17.5 Å². The number of aromatic nitrogens is 4. The van der Waals surface area contributed by atoms with Crippen LogP contribution in [-0.2, 0) is 0 Å². The van der Waals surface area contributed by atoms with Crippen molar-refractivity contribution in [3.63, 3.8) is 0 Å². The Labute approximate surface area is 135 Å². The molecular formula is C15H15N5O2S. The molecule has 0 bridgehead atoms. The van der Waals surface area contributed by atoms with Gasteiger partial charge in [-0.15, -0.1) is 11.3 Å². The summed E-state index contributed by atoms with van der Waals surface area (Å²) in [6.45, 7) is 0.676. The number of amides is 1. The van der Waals surface area contributed by atoms with E-state index in [0.29, 0.717) is 22.8 Å². The van der Waals surface area contributed by atoms with E-state index in [1.54, 1.807) is 24.0 Å². The maximum absolute atomic E-state index is 12.7. The molecule has 1 atom stereocenters. The molecule has 1 aliphatic heterocycles. The maximum Gasteiger partial charge on any atom is 0.272 e. The van der Waals surface area contributed by atoms with Gasteiger partial charge in [-0.2, -0.15) is 0 Å². The first-order valence-corrected chi connectivity index (χ1v) is 8.38. The molecule has 0 saturated carbocycles. The zero-order valence-corrected chi connectivity index (χ0v) is 13.1. The fourth-order valence-corrected chi connectivity index (χ4v) is 3.64. The van der Waals surface area contributed by atoms with E-state index in [1.165, 1.54) is 21.9 Å². The summed E-state index contributed by atoms with van der Waals surface area (Å²) < 4.78 is 1.39. The Hall–Kier alpha value is -2.48. The number of H-pyrrole nitrogens is 1. The van der Waals surface area contributed by atoms with Crippen molar-refractivity contribution in [1.29, 1.82) is 0 Å². The van der Waals surface area contributed by atoms with Crippen LogP contribution in [0.1, 0.15) is 40.7 Å². The van der Waals surface area contributed by atoms with Crippen molar-refractivity contribution in [3.05, 3.63) is 51.0 Å². The third-order valence-electron chi connectivity index (χ3n) is 4.15. The maximum atomic E-state index is 12.7. The van der Waals surface area contributed by atoms with Crippen molar-refractivity contribution in [2.45, 2.75) is 25.3 Å². The fraction of sp³-hybridized carbons (Fsp3) is 0.333. The smallest absolute Gasteiger partial charge is 0.272 e. The number of aromatic amines is 1. The third-order valence-corrected chi connectivity index (χ3v) is 4.91. The van der Waals surface area contributed by atoms with Gasteiger partial charge in [0.05, 0.1) is 23.4 Å². The van der Waals surface area contributed by atoms with Crippen LogP contribution in [0.25, 0.3) is 5.65 Å². The molecule has 1 fully saturated rings. The van der Waals surface area contributed by atoms with Gasteiger partial charge in [0.25, 0.3) is 11.5 Å². The lowest BCUT2D eigenvalue weighted by Crippen LogP contribution is -2.39. The quantitative estimate of drug-likeness (QED) is 0.778. The number of thiazole rings is 1. The molecule has 7 nitrogen and oxygen atoms in total. The van der Waals surface area contributed by atoms with Crippen molar-refractivity contribution < 1.29 is 4.79 Å². The minimum Gasteiger partial charge on any atom is -0.329 e. The summed E-state index contributed by atoms with van der Waals surface area (Å²) in [5.41, 5.74) is 2.73. The Morgan fingerprint density at radius 1 is 1.39 bits per heavy atom. The van der Waals surface area contributed by atoms with Gasteiger partial charge in [-0.05, 0) is 19.3 Å². The van der Waals surface area contributed by atoms with E-state index in [2.05, 4.69) is 15.1 Å². The van der Waals surface area contributed by atoms with Crippen LogP contribution in [0, 0.1) is 0 Å². The first-order valence-electron chi connectivity index (χ1n) is 7.50. The Balaban J connectivity index is 1.74. The molecule has 1 amide bonds. The van der Waals surface area contributed by atoms with Gasteiger partial charge < -0.3 is 4.90 Å². The van der Waals surface area contributed by atoms with Gasteiger partial charge >= 0.3 is 0 Å². The number of carbonyl (C=O) groups is 1. The van der Waals surface area contributed by atoms with E-state index >= 15 is 0 Å². The molecule has 4 rings (SSSR count). The Kier molecular flexibility index (Phi) is 3.45. The molecule has 118 valence electrons. The lowest BCUT2D eigenvalue weighted by molar-refractivity contribution is 0.0611. The highest BCUT2D eigenvalue weighted by atomic mass is 32.1. The minimum absolute atomic E-state index is 0.0340. The molecule has 1 aliphatic rings. The molecule has 1 N–H and O–H groups in total. The number of hydrogen-bond donors (Lipinski definition) is 1. The first-order chi connectivity index (χ1) is 11.2. The lowest BCUT2D eigenvalue weighted by Gasteiger charge is -2.35. The summed E-state index contributed by atoms with van der Waals surface area (Å²) in [7, 11) is 0. The third kappa shape index (κ3) is 2.44. The lowest BCUT2D eigenvalue weighted by atomic mass is 9.99. The number of rotatable bonds is 2. The highest BCUT2D eigenvalue weighted by Crippen LogP contribution is 2.31. The molecule has 1 unspecified atom stereocenters. The Bertz CT molecular complexity index is 898. The SMILES string of the molecule is O=C(c1cncs1)N1CCCCC1c1cc(=O)n2[nH]ccc2n1. The van der Waals surface area contributed by atoms with Crippen molar-refractivity contribution in [3.8, 4) is 0 Å². The number of carbonyl (C=O) groups excluding carboxylic acids is 1. The second-order valence-electron chi connectivity index (χ2n) is 5.55. The summed E-state index contributed by atoms with van der Waals surface area (Å²) in [6, 6.07) is 3.11. The average Bonchev–Trinajstić information content (AvgIpc) is 3.25. The molecule has 23 heavy (non-hydrogen) atoms. The number of piperidine rings is 1. The molecule has 3 aromatic rings. The second-order valence-corrected chi connectivity index (χ2v) is 6.44. The highest BCUT2D eigenvalue weighted by molar-refractivity contribution is 7.11. The molecule has 1 saturated heterocycles. The molecular weight excluding hydrogens is 314 g/mol. The van der Waals surface area contributed by atoms with Crippen LogP contribution in [0.4, 0.5) is 0 Å². The topological polar surface area (TPSA) is 83.4 Å². The van der Waals surface area contributed by atoms with Crippen LogP contribution in [0.3, 0.4) is 0 Å². The molecule has 0 radical (unpaired) electrons. The van der Waals surface area contributed by atoms with Crippen LogP contribution in [0.2, 0.25) is 0 Å². The number of fused-ring (bicyclic) bond motifs is 1. The van der Waals surface area contributed by atoms with Crippen molar-refractivity contribution in [1.82, 2.24) is 24.5 Å². The van der Waals surface area contributed by atoms with Gasteiger partial charge in [0.15, 0.2) is 5.65 Å². The Morgan fingerprint density at radius 2 is 2.30 bits per heavy atom. The minimum atomic E-state index is -0.161. The summed E-state index contributed by atoms with van der Waals surface area (Å²) in [6.07, 6.45) is 6.07. The van der Waals surface area contributed by atoms with E-state index in [4.69, 9.17) is 0 Å². The largest absolute Gasteiger partial charge is 0.329 e. The molecule has 0 aliphatic carbocycles. The van der Waals surface area contributed by atoms with Crippen LogP contribution < -0.4 is 5.56 Å². The van der Waals surface area contributed by atoms with Gasteiger partial charge in [-0.3, -0.25) is 19.7 Å².